The van der Waals surface area contributed by atoms with E-state index >= 15 is 0 Å². The number of hydrogen-bond acceptors (Lipinski definition) is 11. The summed E-state index contributed by atoms with van der Waals surface area (Å²) in [4.78, 5) is 48.1. The Kier molecular flexibility index (Phi) is 35.2. The number of hydrogen-bond donors (Lipinski definition) is 4. The van der Waals surface area contributed by atoms with Gasteiger partial charge in [-0.3, -0.25) is 9.59 Å². The highest BCUT2D eigenvalue weighted by atomic mass is 16.6. The summed E-state index contributed by atoms with van der Waals surface area (Å²) < 4.78 is 32.8. The average molecular weight is 873 g/mol. The molecule has 1 atom stereocenters. The molecule has 0 saturated heterocycles. The van der Waals surface area contributed by atoms with Gasteiger partial charge in [-0.05, 0) is 88.0 Å². The van der Waals surface area contributed by atoms with Gasteiger partial charge in [-0.25, -0.2) is 9.59 Å². The maximum atomic E-state index is 12.4. The molecular formula is C47H92N4O10. The van der Waals surface area contributed by atoms with Crippen molar-refractivity contribution < 1.29 is 47.6 Å². The fraction of sp³-hybridized carbons (Fsp3) is 0.915. The van der Waals surface area contributed by atoms with Gasteiger partial charge in [-0.1, -0.05) is 89.9 Å². The zero-order valence-electron chi connectivity index (χ0n) is 40.4. The summed E-state index contributed by atoms with van der Waals surface area (Å²) in [5.41, 5.74) is -1.54. The molecule has 0 aliphatic carbocycles. The van der Waals surface area contributed by atoms with Crippen molar-refractivity contribution in [1.82, 2.24) is 21.3 Å². The van der Waals surface area contributed by atoms with Crippen molar-refractivity contribution in [2.45, 2.75) is 214 Å². The predicted octanol–water partition coefficient (Wildman–Crippen LogP) is 9.30. The number of nitrogens with one attached hydrogen (secondary N) is 4. The van der Waals surface area contributed by atoms with Crippen LogP contribution in [0.1, 0.15) is 191 Å². The van der Waals surface area contributed by atoms with Crippen molar-refractivity contribution in [2.24, 2.45) is 0 Å². The summed E-state index contributed by atoms with van der Waals surface area (Å²) >= 11 is 0. The van der Waals surface area contributed by atoms with E-state index in [2.05, 4.69) is 21.3 Å². The second kappa shape index (κ2) is 36.8. The van der Waals surface area contributed by atoms with Crippen molar-refractivity contribution in [3.8, 4) is 0 Å². The molecular weight excluding hydrogens is 781 g/mol. The molecule has 14 nitrogen and oxygen atoms in total. The summed E-state index contributed by atoms with van der Waals surface area (Å²) in [6.45, 7) is 21.5. The Labute approximate surface area is 371 Å². The fourth-order valence-corrected chi connectivity index (χ4v) is 6.29. The number of ether oxygens (including phenoxy) is 6. The van der Waals surface area contributed by atoms with Crippen LogP contribution in [0.15, 0.2) is 0 Å². The molecule has 0 rings (SSSR count). The first-order chi connectivity index (χ1) is 28.9. The van der Waals surface area contributed by atoms with E-state index < -0.39 is 23.4 Å². The van der Waals surface area contributed by atoms with Crippen LogP contribution >= 0.6 is 0 Å². The summed E-state index contributed by atoms with van der Waals surface area (Å²) in [5, 5.41) is 11.9. The number of esters is 1. The Balaban J connectivity index is 3.61. The summed E-state index contributed by atoms with van der Waals surface area (Å²) in [7, 11) is 0. The van der Waals surface area contributed by atoms with E-state index in [4.69, 9.17) is 28.4 Å². The van der Waals surface area contributed by atoms with Crippen LogP contribution in [-0.2, 0) is 38.0 Å². The first kappa shape index (κ1) is 58.3. The monoisotopic (exact) mass is 873 g/mol. The van der Waals surface area contributed by atoms with Crippen LogP contribution in [0.25, 0.3) is 0 Å². The van der Waals surface area contributed by atoms with Crippen molar-refractivity contribution in [2.75, 3.05) is 65.8 Å². The lowest BCUT2D eigenvalue weighted by Gasteiger charge is -2.24. The fourth-order valence-electron chi connectivity index (χ4n) is 6.29. The lowest BCUT2D eigenvalue weighted by atomic mass is 10.0. The van der Waals surface area contributed by atoms with Crippen LogP contribution in [0.2, 0.25) is 0 Å². The SMILES string of the molecule is CC(C)(C)OC(=O)CCCCCCCCCCCCCCCCCCC(=O)NCCOCCOCCOCCNC[C@H](CCCNC(=O)OC(C)(C)C)NC(=O)OC(C)(C)C. The van der Waals surface area contributed by atoms with E-state index in [1.807, 2.05) is 62.3 Å². The second-order valence-electron chi connectivity index (χ2n) is 19.0. The number of alkyl carbamates (subject to hydrolysis) is 2. The van der Waals surface area contributed by atoms with E-state index in [0.717, 1.165) is 25.7 Å². The maximum Gasteiger partial charge on any atom is 0.407 e. The average Bonchev–Trinajstić information content (AvgIpc) is 3.13. The highest BCUT2D eigenvalue weighted by molar-refractivity contribution is 5.75. The van der Waals surface area contributed by atoms with Gasteiger partial charge >= 0.3 is 18.2 Å². The molecule has 4 N–H and O–H groups in total. The van der Waals surface area contributed by atoms with Gasteiger partial charge in [0.25, 0.3) is 0 Å². The minimum absolute atomic E-state index is 0.0731. The van der Waals surface area contributed by atoms with Crippen molar-refractivity contribution >= 4 is 24.1 Å². The predicted molar refractivity (Wildman–Crippen MR) is 244 cm³/mol. The van der Waals surface area contributed by atoms with Gasteiger partial charge in [0.2, 0.25) is 5.91 Å². The second-order valence-corrected chi connectivity index (χ2v) is 19.0. The van der Waals surface area contributed by atoms with Gasteiger partial charge in [0.05, 0.1) is 39.6 Å². The van der Waals surface area contributed by atoms with Gasteiger partial charge in [0.15, 0.2) is 0 Å². The standard InChI is InChI=1S/C47H92N4O10/c1-45(2,3)59-42(53)29-25-23-21-19-17-15-13-11-10-12-14-16-18-20-22-24-28-41(52)49-32-34-57-36-38-58-37-35-56-33-31-48-39-40(51-44(55)61-47(7,8)9)27-26-30-50-43(54)60-46(4,5)6/h40,48H,10-39H2,1-9H3,(H,49,52)(H,50,54)(H,51,55)/t40-/m0/s1. The van der Waals surface area contributed by atoms with E-state index in [-0.39, 0.29) is 23.5 Å². The Morgan fingerprint density at radius 2 is 0.836 bits per heavy atom. The zero-order chi connectivity index (χ0) is 45.7. The molecule has 0 fully saturated rings. The zero-order valence-corrected chi connectivity index (χ0v) is 40.4. The third-order valence-electron chi connectivity index (χ3n) is 9.20. The first-order valence-corrected chi connectivity index (χ1v) is 23.7. The van der Waals surface area contributed by atoms with Crippen molar-refractivity contribution in [1.29, 1.82) is 0 Å². The highest BCUT2D eigenvalue weighted by Crippen LogP contribution is 2.16. The van der Waals surface area contributed by atoms with Crippen LogP contribution in [-0.4, -0.2) is 113 Å². The molecule has 0 aromatic heterocycles. The molecule has 0 spiro atoms. The lowest BCUT2D eigenvalue weighted by molar-refractivity contribution is -0.154. The third kappa shape index (κ3) is 46.7. The number of carbonyl (C=O) groups excluding carboxylic acids is 4. The topological polar surface area (TPSA) is 172 Å². The largest absolute Gasteiger partial charge is 0.460 e. The number of carbonyl (C=O) groups is 4. The molecule has 0 unspecified atom stereocenters. The molecule has 0 bridgehead atoms. The lowest BCUT2D eigenvalue weighted by Crippen LogP contribution is -2.45. The van der Waals surface area contributed by atoms with Gasteiger partial charge in [0.1, 0.15) is 16.8 Å². The van der Waals surface area contributed by atoms with E-state index in [9.17, 15) is 19.2 Å². The minimum Gasteiger partial charge on any atom is -0.460 e. The number of rotatable bonds is 38. The molecule has 0 saturated carbocycles. The first-order valence-electron chi connectivity index (χ1n) is 23.7. The number of amides is 3. The van der Waals surface area contributed by atoms with Crippen LogP contribution in [0.3, 0.4) is 0 Å². The molecule has 61 heavy (non-hydrogen) atoms. The summed E-state index contributed by atoms with van der Waals surface area (Å²) in [6, 6.07) is -0.187. The third-order valence-corrected chi connectivity index (χ3v) is 9.20. The van der Waals surface area contributed by atoms with Crippen molar-refractivity contribution in [3.63, 3.8) is 0 Å². The van der Waals surface area contributed by atoms with Gasteiger partial charge in [-0.2, -0.15) is 0 Å². The molecule has 3 amide bonds. The van der Waals surface area contributed by atoms with Gasteiger partial charge in [0, 0.05) is 45.1 Å². The maximum absolute atomic E-state index is 12.4. The summed E-state index contributed by atoms with van der Waals surface area (Å²) in [5.74, 6) is 0.0168. The van der Waals surface area contributed by atoms with Crippen LogP contribution < -0.4 is 21.3 Å². The molecule has 0 aliphatic rings. The molecule has 14 heteroatoms. The van der Waals surface area contributed by atoms with Crippen LogP contribution in [0, 0.1) is 0 Å². The Hall–Kier alpha value is -2.68. The van der Waals surface area contributed by atoms with Crippen LogP contribution in [0.5, 0.6) is 0 Å². The van der Waals surface area contributed by atoms with Crippen molar-refractivity contribution in [3.05, 3.63) is 0 Å². The minimum atomic E-state index is -0.599. The molecule has 0 radical (unpaired) electrons. The van der Waals surface area contributed by atoms with E-state index in [0.29, 0.717) is 91.5 Å². The Bertz CT molecular complexity index is 1100. The molecule has 0 aromatic rings. The van der Waals surface area contributed by atoms with Gasteiger partial charge in [-0.15, -0.1) is 0 Å². The van der Waals surface area contributed by atoms with Gasteiger partial charge < -0.3 is 49.7 Å². The highest BCUT2D eigenvalue weighted by Gasteiger charge is 2.20. The number of unbranched alkanes of at least 4 members (excludes halogenated alkanes) is 15. The molecule has 0 aliphatic heterocycles. The Morgan fingerprint density at radius 1 is 0.426 bits per heavy atom. The molecule has 360 valence electrons. The van der Waals surface area contributed by atoms with Crippen LogP contribution in [0.4, 0.5) is 9.59 Å². The summed E-state index contributed by atoms with van der Waals surface area (Å²) in [6.07, 6.45) is 21.1. The molecule has 0 aromatic carbocycles. The van der Waals surface area contributed by atoms with E-state index in [1.165, 1.54) is 77.0 Å². The molecule has 0 heterocycles. The quantitative estimate of drug-likeness (QED) is 0.0265. The Morgan fingerprint density at radius 3 is 1.31 bits per heavy atom. The smallest absolute Gasteiger partial charge is 0.407 e. The normalized spacial score (nSPS) is 12.5. The van der Waals surface area contributed by atoms with E-state index in [1.54, 1.807) is 0 Å².